The first-order valence-corrected chi connectivity index (χ1v) is 5.55. The third-order valence-corrected chi connectivity index (χ3v) is 2.85. The molecule has 4 heteroatoms. The Morgan fingerprint density at radius 3 is 2.93 bits per heavy atom. The van der Waals surface area contributed by atoms with E-state index >= 15 is 0 Å². The molecule has 0 spiro atoms. The minimum atomic E-state index is 0.129. The normalized spacial score (nSPS) is 10.4. The monoisotopic (exact) mass is 217 g/mol. The second-order valence-electron chi connectivity index (χ2n) is 3.13. The molecule has 0 unspecified atom stereocenters. The van der Waals surface area contributed by atoms with E-state index < -0.39 is 0 Å². The molecule has 0 amide bonds. The summed E-state index contributed by atoms with van der Waals surface area (Å²) in [6.45, 7) is 0. The maximum Gasteiger partial charge on any atom is 0.151 e. The van der Waals surface area contributed by atoms with Crippen molar-refractivity contribution in [1.82, 2.24) is 4.98 Å². The predicted molar refractivity (Wildman–Crippen MR) is 65.0 cm³/mol. The van der Waals surface area contributed by atoms with Crippen molar-refractivity contribution in [2.45, 2.75) is 5.75 Å². The largest absolute Gasteiger partial charge is 0.379 e. The summed E-state index contributed by atoms with van der Waals surface area (Å²) >= 11 is 1.30. The summed E-state index contributed by atoms with van der Waals surface area (Å²) in [5.41, 5.74) is 6.28. The fourth-order valence-corrected chi connectivity index (χ4v) is 1.97. The van der Waals surface area contributed by atoms with Gasteiger partial charge in [-0.15, -0.1) is 0 Å². The molecular weight excluding hydrogens is 206 g/mol. The van der Waals surface area contributed by atoms with E-state index in [1.54, 1.807) is 6.20 Å². The third kappa shape index (κ3) is 2.27. The second kappa shape index (κ2) is 4.31. The number of rotatable bonds is 2. The molecule has 15 heavy (non-hydrogen) atoms. The SMILES string of the molecule is N=C(N)SCc1nccc2ccccc12. The Kier molecular flexibility index (Phi) is 2.87. The van der Waals surface area contributed by atoms with Gasteiger partial charge in [0.15, 0.2) is 5.17 Å². The molecule has 0 fully saturated rings. The Morgan fingerprint density at radius 1 is 1.33 bits per heavy atom. The zero-order valence-electron chi connectivity index (χ0n) is 8.10. The molecule has 3 nitrogen and oxygen atoms in total. The van der Waals surface area contributed by atoms with Crippen LogP contribution in [-0.4, -0.2) is 10.2 Å². The summed E-state index contributed by atoms with van der Waals surface area (Å²) in [5.74, 6) is 0.649. The average Bonchev–Trinajstić information content (AvgIpc) is 2.26. The summed E-state index contributed by atoms with van der Waals surface area (Å²) in [5, 5.41) is 9.60. The van der Waals surface area contributed by atoms with Crippen LogP contribution in [0.3, 0.4) is 0 Å². The average molecular weight is 217 g/mol. The van der Waals surface area contributed by atoms with Gasteiger partial charge in [0.05, 0.1) is 5.69 Å². The van der Waals surface area contributed by atoms with E-state index in [4.69, 9.17) is 11.1 Å². The van der Waals surface area contributed by atoms with E-state index in [9.17, 15) is 0 Å². The van der Waals surface area contributed by atoms with Crippen molar-refractivity contribution < 1.29 is 0 Å². The number of nitrogens with two attached hydrogens (primary N) is 1. The summed E-state index contributed by atoms with van der Waals surface area (Å²) in [4.78, 5) is 4.31. The molecule has 2 aromatic rings. The van der Waals surface area contributed by atoms with Crippen LogP contribution >= 0.6 is 11.8 Å². The highest BCUT2D eigenvalue weighted by Crippen LogP contribution is 2.20. The van der Waals surface area contributed by atoms with E-state index in [0.717, 1.165) is 11.1 Å². The van der Waals surface area contributed by atoms with Crippen LogP contribution in [0.4, 0.5) is 0 Å². The van der Waals surface area contributed by atoms with Crippen molar-refractivity contribution in [3.63, 3.8) is 0 Å². The fourth-order valence-electron chi connectivity index (χ4n) is 1.44. The number of nitrogens with one attached hydrogen (secondary N) is 1. The van der Waals surface area contributed by atoms with Gasteiger partial charge in [-0.1, -0.05) is 36.0 Å². The van der Waals surface area contributed by atoms with Gasteiger partial charge < -0.3 is 5.73 Å². The molecule has 76 valence electrons. The van der Waals surface area contributed by atoms with Crippen LogP contribution in [0.25, 0.3) is 10.8 Å². The number of fused-ring (bicyclic) bond motifs is 1. The molecule has 0 saturated carbocycles. The van der Waals surface area contributed by atoms with Gasteiger partial charge in [0.2, 0.25) is 0 Å². The van der Waals surface area contributed by atoms with Crippen molar-refractivity contribution >= 4 is 27.7 Å². The maximum atomic E-state index is 7.16. The zero-order valence-corrected chi connectivity index (χ0v) is 8.92. The Hall–Kier alpha value is -1.55. The zero-order chi connectivity index (χ0) is 10.7. The lowest BCUT2D eigenvalue weighted by atomic mass is 10.1. The molecule has 0 radical (unpaired) electrons. The van der Waals surface area contributed by atoms with Crippen molar-refractivity contribution in [2.24, 2.45) is 5.73 Å². The molecule has 0 bridgehead atoms. The van der Waals surface area contributed by atoms with Crippen LogP contribution < -0.4 is 5.73 Å². The lowest BCUT2D eigenvalue weighted by Crippen LogP contribution is -2.04. The van der Waals surface area contributed by atoms with Crippen molar-refractivity contribution in [3.05, 3.63) is 42.2 Å². The molecule has 0 atom stereocenters. The Bertz CT molecular complexity index is 491. The molecule has 1 aromatic carbocycles. The molecule has 2 rings (SSSR count). The van der Waals surface area contributed by atoms with Gasteiger partial charge >= 0.3 is 0 Å². The van der Waals surface area contributed by atoms with Gasteiger partial charge in [0, 0.05) is 17.3 Å². The highest BCUT2D eigenvalue weighted by Gasteiger charge is 2.02. The van der Waals surface area contributed by atoms with Crippen molar-refractivity contribution in [3.8, 4) is 0 Å². The van der Waals surface area contributed by atoms with Gasteiger partial charge in [-0.2, -0.15) is 0 Å². The molecule has 0 aliphatic heterocycles. The predicted octanol–water partition coefficient (Wildman–Crippen LogP) is 2.36. The number of hydrogen-bond acceptors (Lipinski definition) is 3. The Balaban J connectivity index is 2.38. The number of thioether (sulfide) groups is 1. The van der Waals surface area contributed by atoms with E-state index in [1.165, 1.54) is 17.1 Å². The minimum Gasteiger partial charge on any atom is -0.379 e. The standard InChI is InChI=1S/C11H11N3S/c12-11(13)15-7-10-9-4-2-1-3-8(9)5-6-14-10/h1-6H,7H2,(H3,12,13). The van der Waals surface area contributed by atoms with Crippen molar-refractivity contribution in [1.29, 1.82) is 5.41 Å². The first-order valence-electron chi connectivity index (χ1n) is 4.57. The fraction of sp³-hybridized carbons (Fsp3) is 0.0909. The molecular formula is C11H11N3S. The summed E-state index contributed by atoms with van der Waals surface area (Å²) in [6.07, 6.45) is 1.79. The number of amidine groups is 1. The molecule has 0 aliphatic rings. The van der Waals surface area contributed by atoms with Crippen molar-refractivity contribution in [2.75, 3.05) is 0 Å². The number of pyridine rings is 1. The number of hydrogen-bond donors (Lipinski definition) is 2. The Morgan fingerprint density at radius 2 is 2.13 bits per heavy atom. The first-order chi connectivity index (χ1) is 7.27. The van der Waals surface area contributed by atoms with Crippen LogP contribution in [0.15, 0.2) is 36.5 Å². The summed E-state index contributed by atoms with van der Waals surface area (Å²) in [6, 6.07) is 10.1. The lowest BCUT2D eigenvalue weighted by molar-refractivity contribution is 1.21. The van der Waals surface area contributed by atoms with Crippen LogP contribution in [0.1, 0.15) is 5.69 Å². The molecule has 3 N–H and O–H groups in total. The van der Waals surface area contributed by atoms with E-state index in [0.29, 0.717) is 5.75 Å². The van der Waals surface area contributed by atoms with E-state index in [2.05, 4.69) is 11.1 Å². The highest BCUT2D eigenvalue weighted by atomic mass is 32.2. The van der Waals surface area contributed by atoms with Crippen LogP contribution in [0.2, 0.25) is 0 Å². The van der Waals surface area contributed by atoms with Crippen LogP contribution in [-0.2, 0) is 5.75 Å². The lowest BCUT2D eigenvalue weighted by Gasteiger charge is -2.03. The van der Waals surface area contributed by atoms with Crippen LogP contribution in [0.5, 0.6) is 0 Å². The topological polar surface area (TPSA) is 62.8 Å². The van der Waals surface area contributed by atoms with Gasteiger partial charge in [-0.3, -0.25) is 10.4 Å². The smallest absolute Gasteiger partial charge is 0.151 e. The van der Waals surface area contributed by atoms with Gasteiger partial charge in [-0.25, -0.2) is 0 Å². The molecule has 0 saturated heterocycles. The summed E-state index contributed by atoms with van der Waals surface area (Å²) < 4.78 is 0. The quantitative estimate of drug-likeness (QED) is 0.599. The Labute approximate surface area is 92.2 Å². The number of benzene rings is 1. The van der Waals surface area contributed by atoms with Gasteiger partial charge in [0.25, 0.3) is 0 Å². The van der Waals surface area contributed by atoms with E-state index in [-0.39, 0.29) is 5.17 Å². The van der Waals surface area contributed by atoms with Gasteiger partial charge in [-0.05, 0) is 11.5 Å². The number of aromatic nitrogens is 1. The number of nitrogens with zero attached hydrogens (tertiary/aromatic N) is 1. The third-order valence-electron chi connectivity index (χ3n) is 2.12. The molecule has 0 aliphatic carbocycles. The van der Waals surface area contributed by atoms with Gasteiger partial charge in [0.1, 0.15) is 0 Å². The summed E-state index contributed by atoms with van der Waals surface area (Å²) in [7, 11) is 0. The van der Waals surface area contributed by atoms with Crippen LogP contribution in [0, 0.1) is 5.41 Å². The molecule has 1 heterocycles. The minimum absolute atomic E-state index is 0.129. The second-order valence-corrected chi connectivity index (χ2v) is 4.15. The maximum absolute atomic E-state index is 7.16. The highest BCUT2D eigenvalue weighted by molar-refractivity contribution is 8.13. The molecule has 1 aromatic heterocycles. The van der Waals surface area contributed by atoms with E-state index in [1.807, 2.05) is 24.3 Å². The first kappa shape index (κ1) is 9.98.